The second-order valence-corrected chi connectivity index (χ2v) is 5.75. The van der Waals surface area contributed by atoms with Crippen molar-refractivity contribution < 1.29 is 37.4 Å². The lowest BCUT2D eigenvalue weighted by Crippen LogP contribution is -2.44. The number of aliphatic hydroxyl groups excluding tert-OH is 1. The Hall–Kier alpha value is -2.94. The van der Waals surface area contributed by atoms with Gasteiger partial charge in [0.1, 0.15) is 11.9 Å². The molecule has 0 aliphatic rings. The topological polar surface area (TPSA) is 86.6 Å². The molecule has 0 saturated heterocycles. The highest BCUT2D eigenvalue weighted by atomic mass is 19.4. The molecule has 5 nitrogen and oxygen atoms in total. The maximum absolute atomic E-state index is 12.9. The number of carboxylic acid groups (broad SMARTS) is 1. The molecule has 3 N–H and O–H groups in total. The van der Waals surface area contributed by atoms with Crippen LogP contribution in [0.2, 0.25) is 0 Å². The van der Waals surface area contributed by atoms with E-state index in [-0.39, 0.29) is 12.0 Å². The van der Waals surface area contributed by atoms with Crippen molar-refractivity contribution in [3.05, 3.63) is 71.0 Å². The van der Waals surface area contributed by atoms with E-state index < -0.39 is 41.6 Å². The Morgan fingerprint density at radius 1 is 1.00 bits per heavy atom. The van der Waals surface area contributed by atoms with Gasteiger partial charge in [-0.2, -0.15) is 13.2 Å². The van der Waals surface area contributed by atoms with Gasteiger partial charge >= 0.3 is 12.1 Å². The molecule has 2 aromatic rings. The Morgan fingerprint density at radius 3 is 2.04 bits per heavy atom. The van der Waals surface area contributed by atoms with Gasteiger partial charge in [0.15, 0.2) is 6.10 Å². The molecule has 1 amide bonds. The van der Waals surface area contributed by atoms with Crippen molar-refractivity contribution in [2.45, 2.75) is 24.7 Å². The van der Waals surface area contributed by atoms with Gasteiger partial charge in [-0.15, -0.1) is 0 Å². The molecule has 0 aliphatic heterocycles. The first kappa shape index (κ1) is 20.4. The number of carbonyl (C=O) groups is 2. The fourth-order valence-corrected chi connectivity index (χ4v) is 2.31. The van der Waals surface area contributed by atoms with E-state index in [4.69, 9.17) is 0 Å². The third-order valence-corrected chi connectivity index (χ3v) is 3.77. The van der Waals surface area contributed by atoms with Gasteiger partial charge in [0.05, 0.1) is 5.56 Å². The maximum Gasteiger partial charge on any atom is 0.416 e. The minimum atomic E-state index is -4.56. The number of carbonyl (C=O) groups excluding carboxylic acids is 1. The number of amides is 1. The number of aliphatic carboxylic acids is 1. The molecule has 27 heavy (non-hydrogen) atoms. The number of alkyl halides is 3. The predicted octanol–water partition coefficient (Wildman–Crippen LogP) is 2.69. The zero-order chi connectivity index (χ0) is 20.2. The second kappa shape index (κ2) is 8.17. The molecule has 0 bridgehead atoms. The summed E-state index contributed by atoms with van der Waals surface area (Å²) in [5.41, 5.74) is -0.627. The number of halogens is 4. The molecule has 0 spiro atoms. The minimum Gasteiger partial charge on any atom is -0.480 e. The number of aliphatic hydroxyl groups is 1. The van der Waals surface area contributed by atoms with Crippen LogP contribution < -0.4 is 5.32 Å². The normalized spacial score (nSPS) is 13.7. The molecule has 2 rings (SSSR count). The first-order valence-electron chi connectivity index (χ1n) is 7.71. The van der Waals surface area contributed by atoms with E-state index in [1.165, 1.54) is 12.1 Å². The fourth-order valence-electron chi connectivity index (χ4n) is 2.31. The average molecular weight is 385 g/mol. The van der Waals surface area contributed by atoms with Crippen LogP contribution in [0.3, 0.4) is 0 Å². The summed E-state index contributed by atoms with van der Waals surface area (Å²) in [7, 11) is 0. The minimum absolute atomic E-state index is 0.119. The van der Waals surface area contributed by atoms with Gasteiger partial charge in [-0.05, 0) is 35.4 Å². The molecule has 0 aromatic heterocycles. The van der Waals surface area contributed by atoms with E-state index in [9.17, 15) is 37.4 Å². The zero-order valence-electron chi connectivity index (χ0n) is 13.7. The summed E-state index contributed by atoms with van der Waals surface area (Å²) in [6.45, 7) is 0. The summed E-state index contributed by atoms with van der Waals surface area (Å²) in [4.78, 5) is 23.4. The number of rotatable bonds is 6. The largest absolute Gasteiger partial charge is 0.480 e. The zero-order valence-corrected chi connectivity index (χ0v) is 13.7. The predicted molar refractivity (Wildman–Crippen MR) is 86.1 cm³/mol. The Bertz CT molecular complexity index is 804. The number of hydrogen-bond acceptors (Lipinski definition) is 3. The van der Waals surface area contributed by atoms with Crippen LogP contribution in [-0.4, -0.2) is 28.1 Å². The first-order chi connectivity index (χ1) is 12.6. The third-order valence-electron chi connectivity index (χ3n) is 3.77. The van der Waals surface area contributed by atoms with Crippen LogP contribution in [0, 0.1) is 5.82 Å². The molecule has 144 valence electrons. The van der Waals surface area contributed by atoms with Crippen LogP contribution in [-0.2, 0) is 22.2 Å². The van der Waals surface area contributed by atoms with Gasteiger partial charge in [-0.3, -0.25) is 4.79 Å². The summed E-state index contributed by atoms with van der Waals surface area (Å²) in [6, 6.07) is 6.84. The van der Waals surface area contributed by atoms with Crippen LogP contribution >= 0.6 is 0 Å². The third kappa shape index (κ3) is 5.52. The summed E-state index contributed by atoms with van der Waals surface area (Å²) in [6.07, 6.45) is -6.57. The van der Waals surface area contributed by atoms with Crippen LogP contribution in [0.25, 0.3) is 0 Å². The highest BCUT2D eigenvalue weighted by Crippen LogP contribution is 2.30. The Morgan fingerprint density at radius 2 is 1.56 bits per heavy atom. The smallest absolute Gasteiger partial charge is 0.416 e. The van der Waals surface area contributed by atoms with Gasteiger partial charge in [0.25, 0.3) is 5.91 Å². The van der Waals surface area contributed by atoms with Gasteiger partial charge in [-0.1, -0.05) is 24.3 Å². The van der Waals surface area contributed by atoms with Crippen molar-refractivity contribution in [1.82, 2.24) is 5.32 Å². The highest BCUT2D eigenvalue weighted by molar-refractivity contribution is 5.87. The average Bonchev–Trinajstić information content (AvgIpc) is 2.61. The van der Waals surface area contributed by atoms with Crippen LogP contribution in [0.5, 0.6) is 0 Å². The van der Waals surface area contributed by atoms with E-state index in [2.05, 4.69) is 5.32 Å². The van der Waals surface area contributed by atoms with Crippen LogP contribution in [0.15, 0.2) is 48.5 Å². The van der Waals surface area contributed by atoms with Crippen molar-refractivity contribution in [2.75, 3.05) is 0 Å². The fraction of sp³-hybridized carbons (Fsp3) is 0.222. The van der Waals surface area contributed by atoms with E-state index in [1.54, 1.807) is 0 Å². The monoisotopic (exact) mass is 385 g/mol. The number of benzene rings is 2. The lowest BCUT2D eigenvalue weighted by atomic mass is 10.0. The van der Waals surface area contributed by atoms with Crippen molar-refractivity contribution >= 4 is 11.9 Å². The SMILES string of the molecule is O=C(O)[C@H](Cc1ccc(F)cc1)NC(=O)[C@H](O)c1ccc(C(F)(F)F)cc1. The first-order valence-corrected chi connectivity index (χ1v) is 7.71. The second-order valence-electron chi connectivity index (χ2n) is 5.75. The molecular weight excluding hydrogens is 370 g/mol. The molecule has 9 heteroatoms. The van der Waals surface area contributed by atoms with E-state index in [0.29, 0.717) is 17.7 Å². The van der Waals surface area contributed by atoms with E-state index in [1.807, 2.05) is 0 Å². The number of carboxylic acids is 1. The van der Waals surface area contributed by atoms with Gasteiger partial charge in [0.2, 0.25) is 0 Å². The summed E-state index contributed by atoms with van der Waals surface area (Å²) in [5, 5.41) is 21.3. The lowest BCUT2D eigenvalue weighted by molar-refractivity contribution is -0.143. The maximum atomic E-state index is 12.9. The van der Waals surface area contributed by atoms with E-state index >= 15 is 0 Å². The molecule has 0 heterocycles. The summed E-state index contributed by atoms with van der Waals surface area (Å²) < 4.78 is 50.5. The molecular formula is C18H15F4NO4. The molecule has 0 saturated carbocycles. The molecule has 0 aliphatic carbocycles. The quantitative estimate of drug-likeness (QED) is 0.668. The lowest BCUT2D eigenvalue weighted by Gasteiger charge is -2.18. The molecule has 0 radical (unpaired) electrons. The number of nitrogens with one attached hydrogen (secondary N) is 1. The standard InChI is InChI=1S/C18H15F4NO4/c19-13-7-1-10(2-8-13)9-14(17(26)27)23-16(25)15(24)11-3-5-12(6-4-11)18(20,21)22/h1-8,14-15,24H,9H2,(H,23,25)(H,26,27)/t14-,15+/m0/s1. The summed E-state index contributed by atoms with van der Waals surface area (Å²) >= 11 is 0. The number of hydrogen-bond donors (Lipinski definition) is 3. The van der Waals surface area contributed by atoms with Crippen molar-refractivity contribution in [2.24, 2.45) is 0 Å². The molecule has 2 aromatic carbocycles. The van der Waals surface area contributed by atoms with Gasteiger partial charge in [0, 0.05) is 6.42 Å². The molecule has 0 fully saturated rings. The highest BCUT2D eigenvalue weighted by Gasteiger charge is 2.31. The van der Waals surface area contributed by atoms with Crippen molar-refractivity contribution in [3.63, 3.8) is 0 Å². The van der Waals surface area contributed by atoms with Gasteiger partial charge < -0.3 is 15.5 Å². The Kier molecular flexibility index (Phi) is 6.17. The van der Waals surface area contributed by atoms with E-state index in [0.717, 1.165) is 24.3 Å². The van der Waals surface area contributed by atoms with Crippen LogP contribution in [0.4, 0.5) is 17.6 Å². The van der Waals surface area contributed by atoms with Gasteiger partial charge in [-0.25, -0.2) is 9.18 Å². The Balaban J connectivity index is 2.07. The Labute approximate surface area is 151 Å². The molecule has 0 unspecified atom stereocenters. The van der Waals surface area contributed by atoms with Crippen molar-refractivity contribution in [1.29, 1.82) is 0 Å². The van der Waals surface area contributed by atoms with Crippen molar-refractivity contribution in [3.8, 4) is 0 Å². The van der Waals surface area contributed by atoms with Crippen LogP contribution in [0.1, 0.15) is 22.8 Å². The molecule has 2 atom stereocenters. The summed E-state index contributed by atoms with van der Waals surface area (Å²) in [5.74, 6) is -2.97.